The number of halogens is 1. The van der Waals surface area contributed by atoms with Gasteiger partial charge >= 0.3 is 0 Å². The van der Waals surface area contributed by atoms with Gasteiger partial charge in [0.2, 0.25) is 0 Å². The van der Waals surface area contributed by atoms with E-state index in [4.69, 9.17) is 9.47 Å². The molecule has 1 aromatic heterocycles. The highest BCUT2D eigenvalue weighted by Crippen LogP contribution is 2.36. The summed E-state index contributed by atoms with van der Waals surface area (Å²) < 4.78 is 13.8. The predicted octanol–water partition coefficient (Wildman–Crippen LogP) is 2.30. The smallest absolute Gasteiger partial charge is 0.175 e. The maximum Gasteiger partial charge on any atom is 0.175 e. The molecule has 0 unspecified atom stereocenters. The summed E-state index contributed by atoms with van der Waals surface area (Å²) in [5.41, 5.74) is 0.769. The van der Waals surface area contributed by atoms with Crippen molar-refractivity contribution in [2.24, 2.45) is 7.05 Å². The van der Waals surface area contributed by atoms with Crippen molar-refractivity contribution in [3.05, 3.63) is 40.4 Å². The third kappa shape index (κ3) is 3.32. The van der Waals surface area contributed by atoms with E-state index in [1.807, 2.05) is 23.9 Å². The molecule has 1 aromatic carbocycles. The lowest BCUT2D eigenvalue weighted by molar-refractivity contribution is 0.276. The Hall–Kier alpha value is -1.53. The minimum atomic E-state index is -0.0392. The molecule has 108 valence electrons. The summed E-state index contributed by atoms with van der Waals surface area (Å²) >= 11 is 3.44. The van der Waals surface area contributed by atoms with Crippen molar-refractivity contribution in [3.63, 3.8) is 0 Å². The van der Waals surface area contributed by atoms with Gasteiger partial charge < -0.3 is 19.1 Å². The maximum absolute atomic E-state index is 9.18. The molecule has 0 amide bonds. The Morgan fingerprint density at radius 3 is 2.80 bits per heavy atom. The van der Waals surface area contributed by atoms with Gasteiger partial charge in [-0.1, -0.05) is 0 Å². The lowest BCUT2D eigenvalue weighted by atomic mass is 10.2. The number of ether oxygens (including phenoxy) is 2. The maximum atomic E-state index is 9.18. The van der Waals surface area contributed by atoms with Gasteiger partial charge in [-0.05, 0) is 33.6 Å². The normalized spacial score (nSPS) is 10.6. The van der Waals surface area contributed by atoms with Gasteiger partial charge in [0.1, 0.15) is 5.82 Å². The van der Waals surface area contributed by atoms with Crippen LogP contribution in [0.5, 0.6) is 11.5 Å². The molecule has 20 heavy (non-hydrogen) atoms. The van der Waals surface area contributed by atoms with Gasteiger partial charge in [0.05, 0.1) is 24.8 Å². The molecular weight excluding hydrogens is 324 g/mol. The van der Waals surface area contributed by atoms with Crippen LogP contribution in [0.4, 0.5) is 0 Å². The minimum Gasteiger partial charge on any atom is -0.493 e. The number of aliphatic hydroxyl groups excluding tert-OH is 1. The van der Waals surface area contributed by atoms with E-state index in [-0.39, 0.29) is 6.61 Å². The standard InChI is InChI=1S/C14H17BrN2O3/c1-17-5-4-16-13(17)3-6-20-14-11(15)7-10(9-18)8-12(14)19-2/h4-5,7-8,18H,3,6,9H2,1-2H3. The first-order chi connectivity index (χ1) is 9.65. The van der Waals surface area contributed by atoms with Crippen LogP contribution in [-0.2, 0) is 20.1 Å². The summed E-state index contributed by atoms with van der Waals surface area (Å²) in [7, 11) is 3.53. The Balaban J connectivity index is 2.07. The predicted molar refractivity (Wildman–Crippen MR) is 79.0 cm³/mol. The van der Waals surface area contributed by atoms with Crippen LogP contribution in [0.3, 0.4) is 0 Å². The summed E-state index contributed by atoms with van der Waals surface area (Å²) in [5.74, 6) is 2.20. The van der Waals surface area contributed by atoms with Crippen molar-refractivity contribution >= 4 is 15.9 Å². The molecule has 6 heteroatoms. The van der Waals surface area contributed by atoms with Gasteiger partial charge in [-0.25, -0.2) is 4.98 Å². The van der Waals surface area contributed by atoms with E-state index in [0.29, 0.717) is 24.5 Å². The van der Waals surface area contributed by atoms with Crippen LogP contribution in [0.25, 0.3) is 0 Å². The Kier molecular flexibility index (Phi) is 5.03. The molecule has 0 aliphatic rings. The molecule has 0 saturated heterocycles. The van der Waals surface area contributed by atoms with Crippen LogP contribution in [0.2, 0.25) is 0 Å². The lowest BCUT2D eigenvalue weighted by Crippen LogP contribution is -2.07. The highest BCUT2D eigenvalue weighted by Gasteiger charge is 2.12. The van der Waals surface area contributed by atoms with Crippen LogP contribution in [0.15, 0.2) is 29.0 Å². The number of methoxy groups -OCH3 is 1. The topological polar surface area (TPSA) is 56.5 Å². The molecule has 1 heterocycles. The van der Waals surface area contributed by atoms with Crippen LogP contribution >= 0.6 is 15.9 Å². The fourth-order valence-electron chi connectivity index (χ4n) is 1.89. The number of imidazole rings is 1. The van der Waals surface area contributed by atoms with E-state index in [9.17, 15) is 5.11 Å². The second kappa shape index (κ2) is 6.76. The first kappa shape index (κ1) is 14.9. The molecule has 2 rings (SSSR count). The van der Waals surface area contributed by atoms with Gasteiger partial charge in [-0.3, -0.25) is 0 Å². The summed E-state index contributed by atoms with van der Waals surface area (Å²) in [6, 6.07) is 3.58. The first-order valence-corrected chi connectivity index (χ1v) is 7.01. The monoisotopic (exact) mass is 340 g/mol. The third-order valence-corrected chi connectivity index (χ3v) is 3.55. The number of nitrogens with zero attached hydrogens (tertiary/aromatic N) is 2. The second-order valence-corrected chi connectivity index (χ2v) is 5.17. The number of hydrogen-bond acceptors (Lipinski definition) is 4. The number of aliphatic hydroxyl groups is 1. The zero-order valence-corrected chi connectivity index (χ0v) is 13.1. The first-order valence-electron chi connectivity index (χ1n) is 6.22. The molecule has 0 aliphatic heterocycles. The van der Waals surface area contributed by atoms with E-state index >= 15 is 0 Å². The van der Waals surface area contributed by atoms with Gasteiger partial charge in [0.25, 0.3) is 0 Å². The van der Waals surface area contributed by atoms with Crippen LogP contribution in [-0.4, -0.2) is 28.4 Å². The molecule has 0 saturated carbocycles. The molecule has 1 N–H and O–H groups in total. The molecular formula is C14H17BrN2O3. The summed E-state index contributed by atoms with van der Waals surface area (Å²) in [4.78, 5) is 4.25. The van der Waals surface area contributed by atoms with Crippen LogP contribution in [0.1, 0.15) is 11.4 Å². The lowest BCUT2D eigenvalue weighted by Gasteiger charge is -2.13. The molecule has 0 radical (unpaired) electrons. The fraction of sp³-hybridized carbons (Fsp3) is 0.357. The molecule has 5 nitrogen and oxygen atoms in total. The van der Waals surface area contributed by atoms with Crippen molar-refractivity contribution in [1.29, 1.82) is 0 Å². The van der Waals surface area contributed by atoms with Crippen molar-refractivity contribution in [2.75, 3.05) is 13.7 Å². The van der Waals surface area contributed by atoms with Gasteiger partial charge in [0.15, 0.2) is 11.5 Å². The average Bonchev–Trinajstić information content (AvgIpc) is 2.85. The summed E-state index contributed by atoms with van der Waals surface area (Å²) in [6.45, 7) is 0.459. The van der Waals surface area contributed by atoms with Crippen molar-refractivity contribution in [3.8, 4) is 11.5 Å². The molecule has 2 aromatic rings. The van der Waals surface area contributed by atoms with E-state index in [2.05, 4.69) is 20.9 Å². The molecule has 0 bridgehead atoms. The van der Waals surface area contributed by atoms with Crippen molar-refractivity contribution < 1.29 is 14.6 Å². The van der Waals surface area contributed by atoms with E-state index in [1.165, 1.54) is 0 Å². The van der Waals surface area contributed by atoms with E-state index in [1.54, 1.807) is 19.4 Å². The second-order valence-electron chi connectivity index (χ2n) is 4.32. The average molecular weight is 341 g/mol. The minimum absolute atomic E-state index is 0.0392. The Morgan fingerprint density at radius 2 is 2.20 bits per heavy atom. The summed E-state index contributed by atoms with van der Waals surface area (Å²) in [5, 5.41) is 9.18. The Labute approximate surface area is 126 Å². The van der Waals surface area contributed by atoms with E-state index < -0.39 is 0 Å². The Bertz CT molecular complexity index is 584. The van der Waals surface area contributed by atoms with Crippen LogP contribution < -0.4 is 9.47 Å². The highest BCUT2D eigenvalue weighted by atomic mass is 79.9. The third-order valence-electron chi connectivity index (χ3n) is 2.96. The van der Waals surface area contributed by atoms with Crippen molar-refractivity contribution in [1.82, 2.24) is 9.55 Å². The highest BCUT2D eigenvalue weighted by molar-refractivity contribution is 9.10. The zero-order valence-electron chi connectivity index (χ0n) is 11.5. The summed E-state index contributed by atoms with van der Waals surface area (Å²) in [6.07, 6.45) is 4.38. The fourth-order valence-corrected chi connectivity index (χ4v) is 2.49. The van der Waals surface area contributed by atoms with Gasteiger partial charge in [0, 0.05) is 25.9 Å². The number of hydrogen-bond donors (Lipinski definition) is 1. The number of aryl methyl sites for hydroxylation is 1. The van der Waals surface area contributed by atoms with Gasteiger partial charge in [-0.15, -0.1) is 0 Å². The Morgan fingerprint density at radius 1 is 1.40 bits per heavy atom. The quantitative estimate of drug-likeness (QED) is 0.876. The molecule has 0 atom stereocenters. The molecule has 0 fully saturated rings. The van der Waals surface area contributed by atoms with E-state index in [0.717, 1.165) is 15.9 Å². The number of benzene rings is 1. The molecule has 0 spiro atoms. The van der Waals surface area contributed by atoms with Crippen molar-refractivity contribution in [2.45, 2.75) is 13.0 Å². The van der Waals surface area contributed by atoms with Gasteiger partial charge in [-0.2, -0.15) is 0 Å². The number of rotatable bonds is 6. The molecule has 0 aliphatic carbocycles. The largest absolute Gasteiger partial charge is 0.493 e. The van der Waals surface area contributed by atoms with Crippen LogP contribution in [0, 0.1) is 0 Å². The number of aromatic nitrogens is 2. The SMILES string of the molecule is COc1cc(CO)cc(Br)c1OCCc1nccn1C. The zero-order chi connectivity index (χ0) is 14.5.